The quantitative estimate of drug-likeness (QED) is 0.475. The van der Waals surface area contributed by atoms with Crippen LogP contribution in [0.15, 0.2) is 11.2 Å². The zero-order chi connectivity index (χ0) is 16.2. The minimum Gasteiger partial charge on any atom is -0.354 e. The van der Waals surface area contributed by atoms with Gasteiger partial charge in [0.05, 0.1) is 5.75 Å². The second-order valence-corrected chi connectivity index (χ2v) is 7.21. The standard InChI is InChI=1S/C15H22ClN5OS/c1-2-20-5-7-21(8-6-20)13-9-12(16)18-15(19-13)23-10-14(22)17-11-3-4-11/h9,11H,2-8,10H2,1H3,(H,17,22). The van der Waals surface area contributed by atoms with E-state index in [1.165, 1.54) is 11.8 Å². The van der Waals surface area contributed by atoms with Gasteiger partial charge in [0.15, 0.2) is 5.16 Å². The predicted molar refractivity (Wildman–Crippen MR) is 93.3 cm³/mol. The molecule has 0 radical (unpaired) electrons. The molecular weight excluding hydrogens is 334 g/mol. The predicted octanol–water partition coefficient (Wildman–Crippen LogP) is 1.64. The molecule has 0 atom stereocenters. The molecule has 1 aromatic heterocycles. The Balaban J connectivity index is 1.58. The first kappa shape index (κ1) is 16.8. The van der Waals surface area contributed by atoms with Gasteiger partial charge < -0.3 is 15.1 Å². The minimum absolute atomic E-state index is 0.0409. The molecule has 2 fully saturated rings. The van der Waals surface area contributed by atoms with E-state index in [-0.39, 0.29) is 5.91 Å². The summed E-state index contributed by atoms with van der Waals surface area (Å²) < 4.78 is 0. The summed E-state index contributed by atoms with van der Waals surface area (Å²) in [6.45, 7) is 7.20. The summed E-state index contributed by atoms with van der Waals surface area (Å²) >= 11 is 7.47. The molecule has 1 aliphatic carbocycles. The lowest BCUT2D eigenvalue weighted by atomic mass is 10.3. The fourth-order valence-corrected chi connectivity index (χ4v) is 3.42. The van der Waals surface area contributed by atoms with Crippen molar-refractivity contribution in [3.05, 3.63) is 11.2 Å². The van der Waals surface area contributed by atoms with E-state index < -0.39 is 0 Å². The van der Waals surface area contributed by atoms with Gasteiger partial charge in [-0.1, -0.05) is 30.3 Å². The summed E-state index contributed by atoms with van der Waals surface area (Å²) in [5.74, 6) is 1.23. The Bertz CT molecular complexity index is 561. The number of thioether (sulfide) groups is 1. The van der Waals surface area contributed by atoms with Crippen molar-refractivity contribution >= 4 is 35.1 Å². The molecule has 1 N–H and O–H groups in total. The molecule has 2 aliphatic rings. The highest BCUT2D eigenvalue weighted by molar-refractivity contribution is 7.99. The third kappa shape index (κ3) is 4.96. The molecule has 1 saturated heterocycles. The van der Waals surface area contributed by atoms with Crippen LogP contribution >= 0.6 is 23.4 Å². The van der Waals surface area contributed by atoms with E-state index in [0.717, 1.165) is 51.4 Å². The number of hydrogen-bond donors (Lipinski definition) is 1. The van der Waals surface area contributed by atoms with E-state index in [1.54, 1.807) is 6.07 Å². The molecule has 6 nitrogen and oxygen atoms in total. The largest absolute Gasteiger partial charge is 0.354 e. The van der Waals surface area contributed by atoms with Crippen LogP contribution in [-0.4, -0.2) is 65.3 Å². The number of anilines is 1. The number of carbonyl (C=O) groups excluding carboxylic acids is 1. The average molecular weight is 356 g/mol. The molecule has 0 aromatic carbocycles. The van der Waals surface area contributed by atoms with Gasteiger partial charge in [0.2, 0.25) is 5.91 Å². The molecule has 1 saturated carbocycles. The zero-order valence-electron chi connectivity index (χ0n) is 13.3. The Kier molecular flexibility index (Phi) is 5.61. The number of hydrogen-bond acceptors (Lipinski definition) is 6. The van der Waals surface area contributed by atoms with Crippen LogP contribution in [0.25, 0.3) is 0 Å². The van der Waals surface area contributed by atoms with Gasteiger partial charge in [-0.3, -0.25) is 4.79 Å². The van der Waals surface area contributed by atoms with Crippen molar-refractivity contribution in [2.45, 2.75) is 31.0 Å². The molecule has 1 aliphatic heterocycles. The molecule has 0 bridgehead atoms. The lowest BCUT2D eigenvalue weighted by molar-refractivity contribution is -0.118. The van der Waals surface area contributed by atoms with Gasteiger partial charge in [0, 0.05) is 38.3 Å². The Morgan fingerprint density at radius 3 is 2.74 bits per heavy atom. The Morgan fingerprint density at radius 2 is 2.09 bits per heavy atom. The summed E-state index contributed by atoms with van der Waals surface area (Å²) in [7, 11) is 0. The number of nitrogens with one attached hydrogen (secondary N) is 1. The van der Waals surface area contributed by atoms with Crippen molar-refractivity contribution in [1.29, 1.82) is 0 Å². The highest BCUT2D eigenvalue weighted by atomic mass is 35.5. The van der Waals surface area contributed by atoms with Crippen molar-refractivity contribution in [1.82, 2.24) is 20.2 Å². The molecule has 1 aromatic rings. The smallest absolute Gasteiger partial charge is 0.230 e. The maximum Gasteiger partial charge on any atom is 0.230 e. The second kappa shape index (κ2) is 7.68. The van der Waals surface area contributed by atoms with Crippen LogP contribution in [0.2, 0.25) is 5.15 Å². The maximum atomic E-state index is 11.8. The van der Waals surface area contributed by atoms with Crippen LogP contribution in [0.1, 0.15) is 19.8 Å². The third-order valence-corrected chi connectivity index (χ3v) is 5.12. The lowest BCUT2D eigenvalue weighted by Crippen LogP contribution is -2.46. The fourth-order valence-electron chi connectivity index (χ4n) is 2.53. The van der Waals surface area contributed by atoms with Crippen molar-refractivity contribution in [3.63, 3.8) is 0 Å². The number of aromatic nitrogens is 2. The van der Waals surface area contributed by atoms with Gasteiger partial charge in [-0.25, -0.2) is 9.97 Å². The topological polar surface area (TPSA) is 61.4 Å². The number of amides is 1. The number of rotatable bonds is 6. The van der Waals surface area contributed by atoms with Crippen LogP contribution in [-0.2, 0) is 4.79 Å². The van der Waals surface area contributed by atoms with Crippen molar-refractivity contribution in [2.75, 3.05) is 43.4 Å². The van der Waals surface area contributed by atoms with Crippen molar-refractivity contribution in [3.8, 4) is 0 Å². The maximum absolute atomic E-state index is 11.8. The summed E-state index contributed by atoms with van der Waals surface area (Å²) in [5.41, 5.74) is 0. The second-order valence-electron chi connectivity index (χ2n) is 5.88. The van der Waals surface area contributed by atoms with E-state index in [0.29, 0.717) is 22.1 Å². The summed E-state index contributed by atoms with van der Waals surface area (Å²) in [4.78, 5) is 25.2. The molecule has 3 rings (SSSR count). The third-order valence-electron chi connectivity index (χ3n) is 4.08. The molecule has 1 amide bonds. The minimum atomic E-state index is 0.0409. The van der Waals surface area contributed by atoms with Gasteiger partial charge >= 0.3 is 0 Å². The fraction of sp³-hybridized carbons (Fsp3) is 0.667. The first-order valence-electron chi connectivity index (χ1n) is 8.08. The van der Waals surface area contributed by atoms with Crippen LogP contribution in [0.5, 0.6) is 0 Å². The van der Waals surface area contributed by atoms with Crippen LogP contribution in [0.4, 0.5) is 5.82 Å². The van der Waals surface area contributed by atoms with Crippen LogP contribution < -0.4 is 10.2 Å². The highest BCUT2D eigenvalue weighted by Crippen LogP contribution is 2.23. The van der Waals surface area contributed by atoms with Crippen molar-refractivity contribution in [2.24, 2.45) is 0 Å². The van der Waals surface area contributed by atoms with Gasteiger partial charge in [0.25, 0.3) is 0 Å². The average Bonchev–Trinajstić information content (AvgIpc) is 3.36. The first-order chi connectivity index (χ1) is 11.1. The van der Waals surface area contributed by atoms with E-state index in [9.17, 15) is 4.79 Å². The molecule has 8 heteroatoms. The van der Waals surface area contributed by atoms with Gasteiger partial charge in [-0.15, -0.1) is 0 Å². The van der Waals surface area contributed by atoms with Gasteiger partial charge in [-0.2, -0.15) is 0 Å². The van der Waals surface area contributed by atoms with E-state index in [1.807, 2.05) is 0 Å². The van der Waals surface area contributed by atoms with Gasteiger partial charge in [0.1, 0.15) is 11.0 Å². The molecule has 0 spiro atoms. The molecule has 2 heterocycles. The molecule has 0 unspecified atom stereocenters. The summed E-state index contributed by atoms with van der Waals surface area (Å²) in [6.07, 6.45) is 2.19. The molecule has 23 heavy (non-hydrogen) atoms. The van der Waals surface area contributed by atoms with E-state index in [4.69, 9.17) is 11.6 Å². The zero-order valence-corrected chi connectivity index (χ0v) is 14.9. The first-order valence-corrected chi connectivity index (χ1v) is 9.44. The highest BCUT2D eigenvalue weighted by Gasteiger charge is 2.23. The monoisotopic (exact) mass is 355 g/mol. The van der Waals surface area contributed by atoms with E-state index in [2.05, 4.69) is 32.0 Å². The number of piperazine rings is 1. The number of carbonyl (C=O) groups is 1. The molecular formula is C15H22ClN5OS. The lowest BCUT2D eigenvalue weighted by Gasteiger charge is -2.34. The van der Waals surface area contributed by atoms with Crippen LogP contribution in [0, 0.1) is 0 Å². The normalized spacial score (nSPS) is 19.0. The summed E-state index contributed by atoms with van der Waals surface area (Å²) in [6, 6.07) is 2.19. The van der Waals surface area contributed by atoms with Gasteiger partial charge in [-0.05, 0) is 19.4 Å². The number of halogens is 1. The van der Waals surface area contributed by atoms with E-state index >= 15 is 0 Å². The molecule has 126 valence electrons. The SMILES string of the molecule is CCN1CCN(c2cc(Cl)nc(SCC(=O)NC3CC3)n2)CC1. The number of nitrogens with zero attached hydrogens (tertiary/aromatic N) is 4. The summed E-state index contributed by atoms with van der Waals surface area (Å²) in [5, 5.41) is 3.96. The number of likely N-dealkylation sites (N-methyl/N-ethyl adjacent to an activating group) is 1. The Morgan fingerprint density at radius 1 is 1.35 bits per heavy atom. The Hall–Kier alpha value is -1.05. The Labute approximate surface area is 146 Å². The van der Waals surface area contributed by atoms with Crippen molar-refractivity contribution < 1.29 is 4.79 Å². The van der Waals surface area contributed by atoms with Crippen LogP contribution in [0.3, 0.4) is 0 Å².